The summed E-state index contributed by atoms with van der Waals surface area (Å²) in [7, 11) is 0. The second-order valence-corrected chi connectivity index (χ2v) is 6.82. The van der Waals surface area contributed by atoms with Crippen molar-refractivity contribution in [3.63, 3.8) is 0 Å². The molecule has 0 aromatic heterocycles. The number of piperidine rings is 1. The van der Waals surface area contributed by atoms with Gasteiger partial charge < -0.3 is 14.7 Å². The van der Waals surface area contributed by atoms with Crippen LogP contribution in [0.5, 0.6) is 5.75 Å². The lowest BCUT2D eigenvalue weighted by Crippen LogP contribution is -2.45. The molecule has 0 spiro atoms. The first-order chi connectivity index (χ1) is 9.76. The van der Waals surface area contributed by atoms with E-state index in [1.807, 2.05) is 39.8 Å². The Balaban J connectivity index is 2.03. The van der Waals surface area contributed by atoms with Crippen LogP contribution in [0.4, 0.5) is 0 Å². The number of ether oxygens (including phenoxy) is 1. The second kappa shape index (κ2) is 6.06. The Kier molecular flexibility index (Phi) is 4.57. The number of hydrogen-bond donors (Lipinski definition) is 1. The Morgan fingerprint density at radius 3 is 2.43 bits per heavy atom. The third-order valence-corrected chi connectivity index (χ3v) is 3.73. The number of amides is 1. The number of aliphatic hydroxyl groups is 1. The van der Waals surface area contributed by atoms with E-state index in [1.165, 1.54) is 0 Å². The van der Waals surface area contributed by atoms with Gasteiger partial charge in [-0.15, -0.1) is 0 Å². The van der Waals surface area contributed by atoms with Gasteiger partial charge in [-0.3, -0.25) is 4.79 Å². The van der Waals surface area contributed by atoms with E-state index in [-0.39, 0.29) is 17.4 Å². The fourth-order valence-corrected chi connectivity index (χ4v) is 2.44. The highest BCUT2D eigenvalue weighted by Gasteiger charge is 2.27. The standard InChI is InChI=1S/C17H25NO3/c1-12-9-10-18(11-15(12)19)16(20)13-5-7-14(8-6-13)21-17(2,3)4/h5-8,12,15,19H,9-11H2,1-4H3. The van der Waals surface area contributed by atoms with Crippen molar-refractivity contribution < 1.29 is 14.6 Å². The molecule has 1 saturated heterocycles. The maximum atomic E-state index is 12.4. The van der Waals surface area contributed by atoms with Gasteiger partial charge in [0.15, 0.2) is 0 Å². The highest BCUT2D eigenvalue weighted by molar-refractivity contribution is 5.94. The van der Waals surface area contributed by atoms with E-state index in [0.717, 1.165) is 12.2 Å². The number of carbonyl (C=O) groups excluding carboxylic acids is 1. The molecule has 2 unspecified atom stereocenters. The molecule has 2 atom stereocenters. The molecule has 1 fully saturated rings. The predicted octanol–water partition coefficient (Wildman–Crippen LogP) is 2.71. The molecule has 4 heteroatoms. The maximum absolute atomic E-state index is 12.4. The van der Waals surface area contributed by atoms with Crippen LogP contribution in [0.15, 0.2) is 24.3 Å². The lowest BCUT2D eigenvalue weighted by Gasteiger charge is -2.34. The first-order valence-corrected chi connectivity index (χ1v) is 7.53. The summed E-state index contributed by atoms with van der Waals surface area (Å²) < 4.78 is 5.75. The molecule has 0 aliphatic carbocycles. The Hall–Kier alpha value is -1.55. The van der Waals surface area contributed by atoms with Crippen LogP contribution in [0.25, 0.3) is 0 Å². The Bertz CT molecular complexity index is 490. The maximum Gasteiger partial charge on any atom is 0.253 e. The van der Waals surface area contributed by atoms with E-state index in [0.29, 0.717) is 18.7 Å². The number of benzene rings is 1. The molecule has 2 rings (SSSR count). The molecule has 0 bridgehead atoms. The summed E-state index contributed by atoms with van der Waals surface area (Å²) in [5.41, 5.74) is 0.386. The van der Waals surface area contributed by atoms with Crippen molar-refractivity contribution in [2.45, 2.75) is 45.8 Å². The molecular weight excluding hydrogens is 266 g/mol. The zero-order valence-electron chi connectivity index (χ0n) is 13.3. The van der Waals surface area contributed by atoms with E-state index < -0.39 is 6.10 Å². The number of carbonyl (C=O) groups is 1. The van der Waals surface area contributed by atoms with Crippen LogP contribution in [0.2, 0.25) is 0 Å². The summed E-state index contributed by atoms with van der Waals surface area (Å²) in [4.78, 5) is 14.1. The predicted molar refractivity (Wildman–Crippen MR) is 82.5 cm³/mol. The molecule has 1 N–H and O–H groups in total. The van der Waals surface area contributed by atoms with Gasteiger partial charge >= 0.3 is 0 Å². The largest absolute Gasteiger partial charge is 0.488 e. The molecular formula is C17H25NO3. The molecule has 116 valence electrons. The quantitative estimate of drug-likeness (QED) is 0.911. The number of aliphatic hydroxyl groups excluding tert-OH is 1. The lowest BCUT2D eigenvalue weighted by molar-refractivity contribution is 0.0248. The van der Waals surface area contributed by atoms with E-state index in [9.17, 15) is 9.90 Å². The van der Waals surface area contributed by atoms with Crippen molar-refractivity contribution in [3.8, 4) is 5.75 Å². The van der Waals surface area contributed by atoms with Crippen LogP contribution < -0.4 is 4.74 Å². The van der Waals surface area contributed by atoms with Gasteiger partial charge in [-0.05, 0) is 57.4 Å². The van der Waals surface area contributed by atoms with Crippen LogP contribution in [0, 0.1) is 5.92 Å². The van der Waals surface area contributed by atoms with Gasteiger partial charge in [0.05, 0.1) is 6.10 Å². The topological polar surface area (TPSA) is 49.8 Å². The van der Waals surface area contributed by atoms with Crippen LogP contribution in [-0.2, 0) is 0 Å². The average Bonchev–Trinajstić information content (AvgIpc) is 2.40. The molecule has 0 saturated carbocycles. The number of β-amino-alcohol motifs (C(OH)–C–C–N with tert-alkyl or cyclic N) is 1. The third-order valence-electron chi connectivity index (χ3n) is 3.73. The molecule has 21 heavy (non-hydrogen) atoms. The van der Waals surface area contributed by atoms with Crippen LogP contribution >= 0.6 is 0 Å². The Morgan fingerprint density at radius 2 is 1.90 bits per heavy atom. The zero-order chi connectivity index (χ0) is 15.6. The van der Waals surface area contributed by atoms with Crippen molar-refractivity contribution in [1.29, 1.82) is 0 Å². The van der Waals surface area contributed by atoms with Gasteiger partial charge in [-0.1, -0.05) is 6.92 Å². The van der Waals surface area contributed by atoms with Gasteiger partial charge in [0.1, 0.15) is 11.4 Å². The summed E-state index contributed by atoms with van der Waals surface area (Å²) in [6.45, 7) is 9.11. The molecule has 1 aromatic rings. The van der Waals surface area contributed by atoms with Crippen molar-refractivity contribution in [2.24, 2.45) is 5.92 Å². The van der Waals surface area contributed by atoms with E-state index in [4.69, 9.17) is 4.74 Å². The van der Waals surface area contributed by atoms with Crippen LogP contribution in [-0.4, -0.2) is 40.7 Å². The van der Waals surface area contributed by atoms with Gasteiger partial charge in [0.2, 0.25) is 0 Å². The van der Waals surface area contributed by atoms with Gasteiger partial charge in [0, 0.05) is 18.7 Å². The molecule has 1 aliphatic rings. The Labute approximate surface area is 126 Å². The van der Waals surface area contributed by atoms with Crippen LogP contribution in [0.3, 0.4) is 0 Å². The number of nitrogens with zero attached hydrogens (tertiary/aromatic N) is 1. The molecule has 1 amide bonds. The van der Waals surface area contributed by atoms with Crippen molar-refractivity contribution >= 4 is 5.91 Å². The zero-order valence-corrected chi connectivity index (χ0v) is 13.3. The van der Waals surface area contributed by atoms with E-state index >= 15 is 0 Å². The molecule has 1 heterocycles. The third kappa shape index (κ3) is 4.21. The smallest absolute Gasteiger partial charge is 0.253 e. The summed E-state index contributed by atoms with van der Waals surface area (Å²) in [6, 6.07) is 7.21. The first kappa shape index (κ1) is 15.8. The highest BCUT2D eigenvalue weighted by Crippen LogP contribution is 2.22. The van der Waals surface area contributed by atoms with Gasteiger partial charge in [-0.25, -0.2) is 0 Å². The van der Waals surface area contributed by atoms with Crippen LogP contribution in [0.1, 0.15) is 44.5 Å². The number of likely N-dealkylation sites (tertiary alicyclic amines) is 1. The van der Waals surface area contributed by atoms with Gasteiger partial charge in [-0.2, -0.15) is 0 Å². The van der Waals surface area contributed by atoms with E-state index in [2.05, 4.69) is 0 Å². The average molecular weight is 291 g/mol. The summed E-state index contributed by atoms with van der Waals surface area (Å²) in [5, 5.41) is 9.90. The highest BCUT2D eigenvalue weighted by atomic mass is 16.5. The lowest BCUT2D eigenvalue weighted by atomic mass is 9.95. The molecule has 0 radical (unpaired) electrons. The van der Waals surface area contributed by atoms with Gasteiger partial charge in [0.25, 0.3) is 5.91 Å². The van der Waals surface area contributed by atoms with Crippen molar-refractivity contribution in [3.05, 3.63) is 29.8 Å². The fourth-order valence-electron chi connectivity index (χ4n) is 2.44. The fraction of sp³-hybridized carbons (Fsp3) is 0.588. The monoisotopic (exact) mass is 291 g/mol. The minimum Gasteiger partial charge on any atom is -0.488 e. The summed E-state index contributed by atoms with van der Waals surface area (Å²) in [5.74, 6) is 0.992. The SMILES string of the molecule is CC1CCN(C(=O)c2ccc(OC(C)(C)C)cc2)CC1O. The normalized spacial score (nSPS) is 23.0. The first-order valence-electron chi connectivity index (χ1n) is 7.53. The molecule has 1 aliphatic heterocycles. The molecule has 1 aromatic carbocycles. The summed E-state index contributed by atoms with van der Waals surface area (Å²) in [6.07, 6.45) is 0.421. The van der Waals surface area contributed by atoms with E-state index in [1.54, 1.807) is 17.0 Å². The van der Waals surface area contributed by atoms with Crippen molar-refractivity contribution in [2.75, 3.05) is 13.1 Å². The summed E-state index contributed by atoms with van der Waals surface area (Å²) >= 11 is 0. The van der Waals surface area contributed by atoms with Crippen molar-refractivity contribution in [1.82, 2.24) is 4.90 Å². The molecule has 4 nitrogen and oxygen atoms in total. The Morgan fingerprint density at radius 1 is 1.29 bits per heavy atom. The number of rotatable bonds is 2. The second-order valence-electron chi connectivity index (χ2n) is 6.82. The minimum atomic E-state index is -0.425. The minimum absolute atomic E-state index is 0.0248. The number of hydrogen-bond acceptors (Lipinski definition) is 3.